The van der Waals surface area contributed by atoms with Crippen LogP contribution in [0.2, 0.25) is 0 Å². The van der Waals surface area contributed by atoms with Gasteiger partial charge in [-0.1, -0.05) is 6.07 Å². The molecule has 132 valence electrons. The van der Waals surface area contributed by atoms with E-state index in [1.54, 1.807) is 13.2 Å². The molecule has 0 unspecified atom stereocenters. The molecule has 1 aromatic heterocycles. The van der Waals surface area contributed by atoms with Gasteiger partial charge < -0.3 is 19.5 Å². The quantitative estimate of drug-likeness (QED) is 0.666. The predicted molar refractivity (Wildman–Crippen MR) is 92.1 cm³/mol. The second kappa shape index (κ2) is 9.68. The average molecular weight is 355 g/mol. The van der Waals surface area contributed by atoms with Gasteiger partial charge >= 0.3 is 0 Å². The van der Waals surface area contributed by atoms with Gasteiger partial charge in [0.05, 0.1) is 24.7 Å². The van der Waals surface area contributed by atoms with Gasteiger partial charge in [-0.15, -0.1) is 11.3 Å². The monoisotopic (exact) mass is 355 g/mol. The number of ether oxygens (including phenoxy) is 3. The molecule has 1 N–H and O–H groups in total. The Balaban J connectivity index is 1.99. The molecule has 0 spiro atoms. The second-order valence-electron chi connectivity index (χ2n) is 5.17. The number of carbonyl (C=O) groups is 1. The lowest BCUT2D eigenvalue weighted by molar-refractivity contribution is 0.0688. The SMILES string of the molecule is COCCOCCCNC(=O)c1sc2cccc(F)c2c1COC. The zero-order valence-corrected chi connectivity index (χ0v) is 14.7. The van der Waals surface area contributed by atoms with Crippen LogP contribution in [-0.2, 0) is 20.8 Å². The Morgan fingerprint density at radius 3 is 2.79 bits per heavy atom. The number of benzene rings is 1. The number of methoxy groups -OCH3 is 2. The Kier molecular flexibility index (Phi) is 7.58. The van der Waals surface area contributed by atoms with Gasteiger partial charge in [-0.05, 0) is 18.6 Å². The third-order valence-electron chi connectivity index (χ3n) is 3.44. The summed E-state index contributed by atoms with van der Waals surface area (Å²) in [4.78, 5) is 12.9. The van der Waals surface area contributed by atoms with Gasteiger partial charge in [-0.3, -0.25) is 4.79 Å². The van der Waals surface area contributed by atoms with Crippen molar-refractivity contribution in [1.29, 1.82) is 0 Å². The molecule has 7 heteroatoms. The molecular weight excluding hydrogens is 333 g/mol. The van der Waals surface area contributed by atoms with E-state index in [4.69, 9.17) is 14.2 Å². The van der Waals surface area contributed by atoms with Crippen LogP contribution in [-0.4, -0.2) is 46.5 Å². The maximum Gasteiger partial charge on any atom is 0.261 e. The molecule has 1 heterocycles. The fraction of sp³-hybridized carbons (Fsp3) is 0.471. The van der Waals surface area contributed by atoms with Crippen LogP contribution in [0.5, 0.6) is 0 Å². The lowest BCUT2D eigenvalue weighted by Gasteiger charge is -2.07. The highest BCUT2D eigenvalue weighted by molar-refractivity contribution is 7.21. The average Bonchev–Trinajstić information content (AvgIpc) is 2.94. The maximum atomic E-state index is 14.1. The zero-order valence-electron chi connectivity index (χ0n) is 13.9. The number of nitrogens with one attached hydrogen (secondary N) is 1. The Morgan fingerprint density at radius 2 is 2.04 bits per heavy atom. The Bertz CT molecular complexity index is 674. The first-order chi connectivity index (χ1) is 11.7. The topological polar surface area (TPSA) is 56.8 Å². The summed E-state index contributed by atoms with van der Waals surface area (Å²) in [6.07, 6.45) is 0.703. The van der Waals surface area contributed by atoms with Crippen LogP contribution < -0.4 is 5.32 Å². The number of hydrogen-bond donors (Lipinski definition) is 1. The van der Waals surface area contributed by atoms with Crippen molar-refractivity contribution >= 4 is 27.3 Å². The molecule has 0 fully saturated rings. The minimum absolute atomic E-state index is 0.198. The van der Waals surface area contributed by atoms with E-state index in [0.717, 1.165) is 4.70 Å². The largest absolute Gasteiger partial charge is 0.382 e. The second-order valence-corrected chi connectivity index (χ2v) is 6.22. The summed E-state index contributed by atoms with van der Waals surface area (Å²) >= 11 is 1.28. The van der Waals surface area contributed by atoms with Gasteiger partial charge in [0, 0.05) is 43.0 Å². The van der Waals surface area contributed by atoms with E-state index >= 15 is 0 Å². The summed E-state index contributed by atoms with van der Waals surface area (Å²) in [7, 11) is 3.15. The first kappa shape index (κ1) is 18.8. The van der Waals surface area contributed by atoms with Gasteiger partial charge in [-0.2, -0.15) is 0 Å². The summed E-state index contributed by atoms with van der Waals surface area (Å²) in [6.45, 7) is 2.34. The molecule has 0 aliphatic heterocycles. The maximum absolute atomic E-state index is 14.1. The molecule has 0 radical (unpaired) electrons. The van der Waals surface area contributed by atoms with Crippen molar-refractivity contribution in [3.63, 3.8) is 0 Å². The van der Waals surface area contributed by atoms with Crippen molar-refractivity contribution in [2.45, 2.75) is 13.0 Å². The van der Waals surface area contributed by atoms with Crippen molar-refractivity contribution in [3.05, 3.63) is 34.5 Å². The van der Waals surface area contributed by atoms with E-state index in [9.17, 15) is 9.18 Å². The Hall–Kier alpha value is -1.54. The fourth-order valence-electron chi connectivity index (χ4n) is 2.33. The normalized spacial score (nSPS) is 11.1. The molecule has 2 aromatic rings. The number of rotatable bonds is 10. The number of hydrogen-bond acceptors (Lipinski definition) is 5. The van der Waals surface area contributed by atoms with Crippen molar-refractivity contribution in [2.24, 2.45) is 0 Å². The minimum atomic E-state index is -0.332. The van der Waals surface area contributed by atoms with Gasteiger partial charge in [0.25, 0.3) is 5.91 Å². The van der Waals surface area contributed by atoms with Gasteiger partial charge in [0.15, 0.2) is 0 Å². The Morgan fingerprint density at radius 1 is 1.21 bits per heavy atom. The molecule has 5 nitrogen and oxygen atoms in total. The molecule has 0 atom stereocenters. The van der Waals surface area contributed by atoms with E-state index in [-0.39, 0.29) is 18.3 Å². The third-order valence-corrected chi connectivity index (χ3v) is 4.64. The van der Waals surface area contributed by atoms with Crippen molar-refractivity contribution in [1.82, 2.24) is 5.32 Å². The van der Waals surface area contributed by atoms with Crippen LogP contribution in [0, 0.1) is 5.82 Å². The molecule has 0 saturated carbocycles. The van der Waals surface area contributed by atoms with Crippen molar-refractivity contribution in [3.8, 4) is 0 Å². The molecule has 0 aliphatic rings. The zero-order chi connectivity index (χ0) is 17.4. The minimum Gasteiger partial charge on any atom is -0.382 e. The van der Waals surface area contributed by atoms with Crippen molar-refractivity contribution < 1.29 is 23.4 Å². The van der Waals surface area contributed by atoms with Crippen LogP contribution >= 0.6 is 11.3 Å². The number of halogens is 1. The summed E-state index contributed by atoms with van der Waals surface area (Å²) < 4.78 is 30.2. The highest BCUT2D eigenvalue weighted by Crippen LogP contribution is 2.33. The van der Waals surface area contributed by atoms with Crippen LogP contribution in [0.1, 0.15) is 21.7 Å². The van der Waals surface area contributed by atoms with Crippen LogP contribution in [0.15, 0.2) is 18.2 Å². The molecule has 1 aromatic carbocycles. The van der Waals surface area contributed by atoms with Crippen molar-refractivity contribution in [2.75, 3.05) is 40.6 Å². The lowest BCUT2D eigenvalue weighted by Crippen LogP contribution is -2.25. The van der Waals surface area contributed by atoms with Crippen LogP contribution in [0.25, 0.3) is 10.1 Å². The molecule has 24 heavy (non-hydrogen) atoms. The van der Waals surface area contributed by atoms with Gasteiger partial charge in [-0.25, -0.2) is 4.39 Å². The number of carbonyl (C=O) groups excluding carboxylic acids is 1. The number of amides is 1. The Labute approximate surface area is 144 Å². The standard InChI is InChI=1S/C17H22FNO4S/c1-21-9-10-23-8-4-7-19-17(20)16-12(11-22-2)15-13(18)5-3-6-14(15)24-16/h3,5-6H,4,7-11H2,1-2H3,(H,19,20). The first-order valence-electron chi connectivity index (χ1n) is 7.72. The van der Waals surface area contributed by atoms with E-state index in [2.05, 4.69) is 5.32 Å². The summed E-state index contributed by atoms with van der Waals surface area (Å²) in [5, 5.41) is 3.32. The van der Waals surface area contributed by atoms with Gasteiger partial charge in [0.2, 0.25) is 0 Å². The highest BCUT2D eigenvalue weighted by atomic mass is 32.1. The molecular formula is C17H22FNO4S. The molecule has 0 aliphatic carbocycles. The fourth-order valence-corrected chi connectivity index (χ4v) is 3.47. The molecule has 2 rings (SSSR count). The highest BCUT2D eigenvalue weighted by Gasteiger charge is 2.20. The van der Waals surface area contributed by atoms with Crippen LogP contribution in [0.3, 0.4) is 0 Å². The summed E-state index contributed by atoms with van der Waals surface area (Å²) in [5.41, 5.74) is 0.601. The van der Waals surface area contributed by atoms with Crippen LogP contribution in [0.4, 0.5) is 4.39 Å². The van der Waals surface area contributed by atoms with Gasteiger partial charge in [0.1, 0.15) is 5.82 Å². The third kappa shape index (κ3) is 4.73. The molecule has 1 amide bonds. The van der Waals surface area contributed by atoms with E-state index in [1.807, 2.05) is 6.07 Å². The molecule has 0 bridgehead atoms. The smallest absolute Gasteiger partial charge is 0.261 e. The first-order valence-corrected chi connectivity index (χ1v) is 8.54. The summed E-state index contributed by atoms with van der Waals surface area (Å²) in [5.74, 6) is -0.541. The van der Waals surface area contributed by atoms with E-state index < -0.39 is 0 Å². The lowest BCUT2D eigenvalue weighted by atomic mass is 10.1. The number of thiophene rings is 1. The van der Waals surface area contributed by atoms with E-state index in [1.165, 1.54) is 24.5 Å². The predicted octanol–water partition coefficient (Wildman–Crippen LogP) is 2.97. The number of fused-ring (bicyclic) bond motifs is 1. The summed E-state index contributed by atoms with van der Waals surface area (Å²) in [6, 6.07) is 4.85. The molecule has 0 saturated heterocycles. The van der Waals surface area contributed by atoms with E-state index in [0.29, 0.717) is 48.6 Å².